The van der Waals surface area contributed by atoms with Crippen LogP contribution in [0.2, 0.25) is 0 Å². The van der Waals surface area contributed by atoms with Gasteiger partial charge in [0.2, 0.25) is 0 Å². The van der Waals surface area contributed by atoms with E-state index in [9.17, 15) is 19.2 Å². The predicted octanol–water partition coefficient (Wildman–Crippen LogP) is -4.93. The van der Waals surface area contributed by atoms with E-state index in [-0.39, 0.29) is 42.6 Å². The zero-order valence-electron chi connectivity index (χ0n) is 17.2. The molecule has 31 heavy (non-hydrogen) atoms. The Labute approximate surface area is 179 Å². The monoisotopic (exact) mass is 458 g/mol. The molecular weight excluding hydrogens is 424 g/mol. The van der Waals surface area contributed by atoms with Crippen molar-refractivity contribution in [1.29, 1.82) is 0 Å². The summed E-state index contributed by atoms with van der Waals surface area (Å²) in [4.78, 5) is 50.9. The number of hydrogen-bond acceptors (Lipinski definition) is 8. The van der Waals surface area contributed by atoms with Crippen LogP contribution >= 0.6 is 0 Å². The fourth-order valence-electron chi connectivity index (χ4n) is 2.98. The second kappa shape index (κ2) is 17.3. The van der Waals surface area contributed by atoms with Crippen LogP contribution in [0.4, 0.5) is 0 Å². The molecule has 15 nitrogen and oxygen atoms in total. The van der Waals surface area contributed by atoms with Crippen LogP contribution < -0.4 is 0 Å². The minimum atomic E-state index is -1.02. The maximum Gasteiger partial charge on any atom is 0.317 e. The van der Waals surface area contributed by atoms with E-state index in [1.807, 2.05) is 0 Å². The summed E-state index contributed by atoms with van der Waals surface area (Å²) in [5, 5.41) is 36.3. The van der Waals surface area contributed by atoms with E-state index in [2.05, 4.69) is 0 Å². The lowest BCUT2D eigenvalue weighted by Gasteiger charge is -2.32. The summed E-state index contributed by atoms with van der Waals surface area (Å²) in [5.41, 5.74) is 0. The molecule has 0 spiro atoms. The summed E-state index contributed by atoms with van der Waals surface area (Å²) < 4.78 is 0. The molecule has 15 heteroatoms. The molecule has 0 bridgehead atoms. The Kier molecular flexibility index (Phi) is 18.5. The number of rotatable bonds is 8. The summed E-state index contributed by atoms with van der Waals surface area (Å²) >= 11 is 0. The largest absolute Gasteiger partial charge is 0.480 e. The van der Waals surface area contributed by atoms with Crippen molar-refractivity contribution in [1.82, 2.24) is 19.6 Å². The maximum absolute atomic E-state index is 11.1. The molecule has 1 fully saturated rings. The van der Waals surface area contributed by atoms with Crippen LogP contribution in [0, 0.1) is 0 Å². The van der Waals surface area contributed by atoms with Gasteiger partial charge in [-0.05, 0) is 0 Å². The summed E-state index contributed by atoms with van der Waals surface area (Å²) in [6.45, 7) is 1.52. The third kappa shape index (κ3) is 16.0. The number of nitrogens with zero attached hydrogens (tertiary/aromatic N) is 4. The normalized spacial score (nSPS) is 17.5. The number of aliphatic carboxylic acids is 4. The van der Waals surface area contributed by atoms with Gasteiger partial charge in [0.05, 0.1) is 26.2 Å². The van der Waals surface area contributed by atoms with Gasteiger partial charge in [0.1, 0.15) is 0 Å². The van der Waals surface area contributed by atoms with Gasteiger partial charge in [-0.3, -0.25) is 38.8 Å². The summed E-state index contributed by atoms with van der Waals surface area (Å²) in [6, 6.07) is 0. The van der Waals surface area contributed by atoms with Gasteiger partial charge in [0.15, 0.2) is 0 Å². The Morgan fingerprint density at radius 3 is 0.645 bits per heavy atom. The van der Waals surface area contributed by atoms with Crippen LogP contribution in [-0.4, -0.2) is 159 Å². The Balaban J connectivity index is -0.00000261. The molecule has 1 saturated heterocycles. The molecule has 1 rings (SSSR count). The summed E-state index contributed by atoms with van der Waals surface area (Å²) in [7, 11) is 0. The van der Waals surface area contributed by atoms with Crippen molar-refractivity contribution in [3.63, 3.8) is 0 Å². The van der Waals surface area contributed by atoms with E-state index >= 15 is 0 Å². The van der Waals surface area contributed by atoms with E-state index in [0.717, 1.165) is 0 Å². The first-order chi connectivity index (χ1) is 13.2. The van der Waals surface area contributed by atoms with Gasteiger partial charge < -0.3 is 36.9 Å². The second-order valence-corrected chi connectivity index (χ2v) is 6.68. The third-order valence-electron chi connectivity index (χ3n) is 4.37. The van der Waals surface area contributed by atoms with Gasteiger partial charge in [-0.2, -0.15) is 0 Å². The van der Waals surface area contributed by atoms with Gasteiger partial charge in [-0.15, -0.1) is 0 Å². The number of carboxylic acid groups (broad SMARTS) is 4. The van der Waals surface area contributed by atoms with Crippen LogP contribution in [0.1, 0.15) is 0 Å². The van der Waals surface area contributed by atoms with E-state index in [1.54, 1.807) is 19.6 Å². The van der Waals surface area contributed by atoms with Crippen LogP contribution in [0.5, 0.6) is 0 Å². The molecule has 1 heterocycles. The minimum absolute atomic E-state index is 0. The van der Waals surface area contributed by atoms with Crippen molar-refractivity contribution in [2.24, 2.45) is 0 Å². The second-order valence-electron chi connectivity index (χ2n) is 6.68. The quantitative estimate of drug-likeness (QED) is 0.267. The van der Waals surface area contributed by atoms with E-state index in [1.165, 1.54) is 0 Å². The highest BCUT2D eigenvalue weighted by Crippen LogP contribution is 2.01. The molecule has 184 valence electrons. The van der Waals surface area contributed by atoms with Crippen molar-refractivity contribution in [2.75, 3.05) is 78.5 Å². The molecule has 0 aromatic carbocycles. The Morgan fingerprint density at radius 2 is 0.548 bits per heavy atom. The first-order valence-electron chi connectivity index (χ1n) is 8.92. The van der Waals surface area contributed by atoms with E-state index in [0.29, 0.717) is 52.4 Å². The average molecular weight is 458 g/mol. The SMILES string of the molecule is O.O.O.O=C(O)CN1CCN(CC(=O)O)CCN(CC(=O)O)CCN(CC(=O)O)CC1. The minimum Gasteiger partial charge on any atom is -0.480 e. The van der Waals surface area contributed by atoms with E-state index < -0.39 is 23.9 Å². The number of carbonyl (C=O) groups is 4. The zero-order chi connectivity index (χ0) is 21.1. The molecule has 0 radical (unpaired) electrons. The highest BCUT2D eigenvalue weighted by Gasteiger charge is 2.20. The van der Waals surface area contributed by atoms with Crippen LogP contribution in [-0.2, 0) is 19.2 Å². The van der Waals surface area contributed by atoms with Crippen LogP contribution in [0.3, 0.4) is 0 Å². The summed E-state index contributed by atoms with van der Waals surface area (Å²) in [5.74, 6) is -4.08. The summed E-state index contributed by atoms with van der Waals surface area (Å²) in [6.07, 6.45) is 0. The Morgan fingerprint density at radius 1 is 0.419 bits per heavy atom. The molecule has 1 aliphatic rings. The van der Waals surface area contributed by atoms with Crippen LogP contribution in [0.25, 0.3) is 0 Å². The highest BCUT2D eigenvalue weighted by atomic mass is 16.4. The van der Waals surface area contributed by atoms with Crippen molar-refractivity contribution < 1.29 is 56.0 Å². The Bertz CT molecular complexity index is 452. The average Bonchev–Trinajstić information content (AvgIpc) is 2.55. The Hall–Kier alpha value is -2.40. The fourth-order valence-corrected chi connectivity index (χ4v) is 2.98. The number of carboxylic acids is 4. The highest BCUT2D eigenvalue weighted by molar-refractivity contribution is 5.70. The molecule has 0 aromatic rings. The third-order valence-corrected chi connectivity index (χ3v) is 4.37. The van der Waals surface area contributed by atoms with Gasteiger partial charge in [0.25, 0.3) is 0 Å². The van der Waals surface area contributed by atoms with Gasteiger partial charge in [-0.25, -0.2) is 0 Å². The predicted molar refractivity (Wildman–Crippen MR) is 107 cm³/mol. The molecule has 0 aliphatic carbocycles. The molecule has 0 amide bonds. The lowest BCUT2D eigenvalue weighted by Crippen LogP contribution is -2.49. The molecular formula is C16H34N4O11. The first-order valence-corrected chi connectivity index (χ1v) is 8.92. The van der Waals surface area contributed by atoms with Crippen molar-refractivity contribution in [3.8, 4) is 0 Å². The van der Waals surface area contributed by atoms with Gasteiger partial charge in [0, 0.05) is 52.4 Å². The van der Waals surface area contributed by atoms with Crippen molar-refractivity contribution in [2.45, 2.75) is 0 Å². The molecule has 10 N–H and O–H groups in total. The lowest BCUT2D eigenvalue weighted by molar-refractivity contribution is -0.141. The first kappa shape index (κ1) is 33.2. The topological polar surface area (TPSA) is 257 Å². The standard InChI is InChI=1S/C16H28N4O8.3H2O/c21-13(22)9-17-1-2-18(10-14(23)24)5-6-20(12-16(27)28)8-7-19(4-3-17)11-15(25)26;;;/h1-12H2,(H,21,22)(H,23,24)(H,25,26)(H,27,28);3*1H2. The fraction of sp³-hybridized carbons (Fsp3) is 0.750. The maximum atomic E-state index is 11.1. The smallest absolute Gasteiger partial charge is 0.317 e. The molecule has 0 atom stereocenters. The van der Waals surface area contributed by atoms with Gasteiger partial charge >= 0.3 is 23.9 Å². The van der Waals surface area contributed by atoms with Crippen molar-refractivity contribution >= 4 is 23.9 Å². The van der Waals surface area contributed by atoms with Crippen LogP contribution in [0.15, 0.2) is 0 Å². The molecule has 0 aromatic heterocycles. The van der Waals surface area contributed by atoms with E-state index in [4.69, 9.17) is 20.4 Å². The van der Waals surface area contributed by atoms with Gasteiger partial charge in [-0.1, -0.05) is 0 Å². The molecule has 1 aliphatic heterocycles. The lowest BCUT2D eigenvalue weighted by atomic mass is 10.3. The molecule has 0 unspecified atom stereocenters. The number of hydrogen-bond donors (Lipinski definition) is 4. The molecule has 0 saturated carbocycles. The van der Waals surface area contributed by atoms with Crippen molar-refractivity contribution in [3.05, 3.63) is 0 Å². The zero-order valence-corrected chi connectivity index (χ0v) is 17.2.